The van der Waals surface area contributed by atoms with Crippen LogP contribution in [0.3, 0.4) is 0 Å². The Morgan fingerprint density at radius 1 is 0.859 bits per heavy atom. The first kappa shape index (κ1) is 43.2. The number of hydrogen-bond acceptors (Lipinski definition) is 11. The molecular formula is C51H60ClF5N6O5S3. The number of nitrogens with zero attached hydrogens (tertiary/aromatic N) is 4. The Labute approximate surface area is 434 Å². The minimum absolute atomic E-state index is 0.119. The standard InChI is InChI=1S/C51H60ClF5N6O5S3/c1-48(2,3)63-29-25-60(26-30-63)22-20-40(34-69-42-7-5-4-6-8-42)58-45-18-17-43(31-46(45)70(65,66)51(55,56)57)71(67,68)59-47(64)37-11-15-41(16-12-37)62-27-23-61(24-28-62)33-38-32-49(35-50(49,53)54)21-19-44(38)36-9-13-39(52)14-10-36/h4-18,31,40,58H,19-30,32-35H2,1-3H3,(H,59,64)/i25D2,26D2,29D2,30D2. The third-order valence-electron chi connectivity index (χ3n) is 13.1. The molecule has 384 valence electrons. The highest BCUT2D eigenvalue weighted by Gasteiger charge is 2.70. The molecule has 0 bridgehead atoms. The summed E-state index contributed by atoms with van der Waals surface area (Å²) in [5, 5.41) is 3.27. The number of amides is 1. The molecule has 2 N–H and O–H groups in total. The second-order valence-corrected chi connectivity index (χ2v) is 24.3. The van der Waals surface area contributed by atoms with Gasteiger partial charge < -0.3 is 15.1 Å². The molecule has 20 heteroatoms. The van der Waals surface area contributed by atoms with Gasteiger partial charge in [-0.05, 0) is 124 Å². The van der Waals surface area contributed by atoms with Crippen LogP contribution in [0.15, 0.2) is 117 Å². The molecule has 0 radical (unpaired) electrons. The number of carbonyl (C=O) groups is 1. The van der Waals surface area contributed by atoms with Crippen LogP contribution in [0.2, 0.25) is 5.02 Å². The number of piperazine rings is 2. The molecule has 71 heavy (non-hydrogen) atoms. The van der Waals surface area contributed by atoms with Gasteiger partial charge in [0.15, 0.2) is 0 Å². The first-order chi connectivity index (χ1) is 36.4. The van der Waals surface area contributed by atoms with E-state index in [-0.39, 0.29) is 23.8 Å². The SMILES string of the molecule is [2H]C1([2H])N(CCC(CSc2ccccc2)Nc2ccc(S(=O)(=O)NC(=O)c3ccc(N4CCN(CC5=C(c6ccc(Cl)cc6)CCC6(C5)CC6(F)F)CC4)cc3)cc2S(=O)(=O)C(F)(F)F)C([2H])([2H])C([2H])([2H])N(C(C)(C)C)C1([2H])[2H]. The Hall–Kier alpha value is -4.24. The van der Waals surface area contributed by atoms with Crippen molar-refractivity contribution < 1.29 is 54.5 Å². The predicted octanol–water partition coefficient (Wildman–Crippen LogP) is 9.92. The van der Waals surface area contributed by atoms with Gasteiger partial charge in [-0.15, -0.1) is 11.8 Å². The third-order valence-corrected chi connectivity index (χ3v) is 17.4. The number of benzene rings is 4. The number of thioether (sulfide) groups is 1. The number of rotatable bonds is 16. The molecule has 2 aliphatic carbocycles. The molecule has 11 nitrogen and oxygen atoms in total. The number of sulfonamides is 1. The summed E-state index contributed by atoms with van der Waals surface area (Å²) in [5.41, 5.74) is -5.69. The maximum Gasteiger partial charge on any atom is 0.501 e. The number of hydrogen-bond donors (Lipinski definition) is 2. The Morgan fingerprint density at radius 3 is 2.11 bits per heavy atom. The van der Waals surface area contributed by atoms with Crippen molar-refractivity contribution in [3.8, 4) is 0 Å². The number of anilines is 2. The zero-order valence-electron chi connectivity index (χ0n) is 47.1. The van der Waals surface area contributed by atoms with Crippen molar-refractivity contribution in [1.29, 1.82) is 0 Å². The average Bonchev–Trinajstić information content (AvgIpc) is 3.94. The Kier molecular flexibility index (Phi) is 12.7. The highest BCUT2D eigenvalue weighted by Crippen LogP contribution is 2.68. The van der Waals surface area contributed by atoms with Crippen molar-refractivity contribution in [2.75, 3.05) is 81.2 Å². The summed E-state index contributed by atoms with van der Waals surface area (Å²) < 4.78 is 199. The van der Waals surface area contributed by atoms with Gasteiger partial charge in [0.25, 0.3) is 31.7 Å². The summed E-state index contributed by atoms with van der Waals surface area (Å²) in [7, 11) is -11.5. The lowest BCUT2D eigenvalue weighted by molar-refractivity contribution is -0.0436. The highest BCUT2D eigenvalue weighted by atomic mass is 35.5. The third kappa shape index (κ3) is 12.4. The second-order valence-electron chi connectivity index (χ2n) is 19.1. The predicted molar refractivity (Wildman–Crippen MR) is 271 cm³/mol. The fourth-order valence-corrected chi connectivity index (χ4v) is 12.1. The molecule has 1 spiro atoms. The molecule has 8 rings (SSSR count). The number of carbonyl (C=O) groups excluding carboxylic acids is 1. The van der Waals surface area contributed by atoms with E-state index < -0.39 is 109 Å². The molecule has 2 aliphatic heterocycles. The summed E-state index contributed by atoms with van der Waals surface area (Å²) in [5.74, 6) is -4.00. The van der Waals surface area contributed by atoms with Crippen LogP contribution in [0.25, 0.3) is 5.57 Å². The zero-order valence-corrected chi connectivity index (χ0v) is 42.3. The van der Waals surface area contributed by atoms with Crippen LogP contribution in [0, 0.1) is 5.41 Å². The molecule has 2 saturated heterocycles. The minimum Gasteiger partial charge on any atom is -0.380 e. The quantitative estimate of drug-likeness (QED) is 0.0824. The van der Waals surface area contributed by atoms with Gasteiger partial charge in [-0.25, -0.2) is 30.3 Å². The molecule has 2 unspecified atom stereocenters. The first-order valence-electron chi connectivity index (χ1n) is 26.9. The summed E-state index contributed by atoms with van der Waals surface area (Å²) in [6.07, 6.45) is 0.678. The van der Waals surface area contributed by atoms with Gasteiger partial charge in [0.2, 0.25) is 0 Å². The molecule has 2 atom stereocenters. The van der Waals surface area contributed by atoms with Crippen LogP contribution in [0.5, 0.6) is 0 Å². The lowest BCUT2D eigenvalue weighted by Crippen LogP contribution is -2.53. The molecule has 1 saturated carbocycles. The largest absolute Gasteiger partial charge is 0.501 e. The number of nitrogens with one attached hydrogen (secondary N) is 2. The topological polar surface area (TPSA) is 122 Å². The molecule has 2 heterocycles. The normalized spacial score (nSPS) is 25.6. The van der Waals surface area contributed by atoms with Gasteiger partial charge in [-0.3, -0.25) is 14.6 Å². The van der Waals surface area contributed by atoms with Gasteiger partial charge >= 0.3 is 5.51 Å². The van der Waals surface area contributed by atoms with E-state index in [0.29, 0.717) is 77.4 Å². The van der Waals surface area contributed by atoms with Gasteiger partial charge in [0, 0.05) is 127 Å². The van der Waals surface area contributed by atoms with Crippen LogP contribution in [-0.2, 0) is 19.9 Å². The van der Waals surface area contributed by atoms with E-state index in [1.807, 2.05) is 17.0 Å². The van der Waals surface area contributed by atoms with Crippen LogP contribution in [0.1, 0.15) is 79.8 Å². The molecule has 4 aromatic rings. The summed E-state index contributed by atoms with van der Waals surface area (Å²) in [6.45, 7) is -6.64. The molecule has 1 amide bonds. The van der Waals surface area contributed by atoms with E-state index in [0.717, 1.165) is 40.6 Å². The van der Waals surface area contributed by atoms with Crippen molar-refractivity contribution in [1.82, 2.24) is 19.4 Å². The summed E-state index contributed by atoms with van der Waals surface area (Å²) in [4.78, 5) is 16.6. The smallest absolute Gasteiger partial charge is 0.380 e. The molecule has 4 aliphatic rings. The lowest BCUT2D eigenvalue weighted by atomic mass is 9.78. The number of allylic oxidation sites excluding steroid dienone is 1. The second kappa shape index (κ2) is 20.9. The minimum atomic E-state index is -6.38. The summed E-state index contributed by atoms with van der Waals surface area (Å²) in [6, 6.07) is 22.3. The lowest BCUT2D eigenvalue weighted by Gasteiger charge is -2.42. The summed E-state index contributed by atoms with van der Waals surface area (Å²) >= 11 is 7.26. The fourth-order valence-electron chi connectivity index (χ4n) is 8.91. The van der Waals surface area contributed by atoms with Crippen molar-refractivity contribution in [3.05, 3.63) is 119 Å². The van der Waals surface area contributed by atoms with Crippen LogP contribution >= 0.6 is 23.4 Å². The number of halogens is 6. The molecular weight excluding hydrogens is 1000 g/mol. The van der Waals surface area contributed by atoms with Crippen molar-refractivity contribution in [2.45, 2.75) is 90.6 Å². The Morgan fingerprint density at radius 2 is 1.51 bits per heavy atom. The average molecular weight is 1070 g/mol. The van der Waals surface area contributed by atoms with Crippen LogP contribution < -0.4 is 14.9 Å². The highest BCUT2D eigenvalue weighted by molar-refractivity contribution is 7.99. The Balaban J connectivity index is 0.980. The monoisotopic (exact) mass is 1070 g/mol. The first-order valence-corrected chi connectivity index (χ1v) is 27.3. The van der Waals surface area contributed by atoms with Crippen molar-refractivity contribution >= 4 is 66.1 Å². The number of alkyl halides is 5. The molecule has 4 aromatic carbocycles. The van der Waals surface area contributed by atoms with Crippen LogP contribution in [0.4, 0.5) is 33.3 Å². The van der Waals surface area contributed by atoms with E-state index in [1.165, 1.54) is 32.9 Å². The maximum absolute atomic E-state index is 14.6. The van der Waals surface area contributed by atoms with Crippen molar-refractivity contribution in [2.24, 2.45) is 5.41 Å². The van der Waals surface area contributed by atoms with E-state index in [9.17, 15) is 43.6 Å². The van der Waals surface area contributed by atoms with E-state index >= 15 is 0 Å². The number of sulfone groups is 1. The Bertz CT molecular complexity index is 3170. The van der Waals surface area contributed by atoms with Gasteiger partial charge in [-0.2, -0.15) is 13.2 Å². The van der Waals surface area contributed by atoms with E-state index in [2.05, 4.69) is 10.2 Å². The molecule has 3 fully saturated rings. The van der Waals surface area contributed by atoms with Gasteiger partial charge in [-0.1, -0.05) is 47.5 Å². The fraction of sp³-hybridized carbons (Fsp3) is 0.471. The van der Waals surface area contributed by atoms with Gasteiger partial charge in [0.05, 0.1) is 10.6 Å². The van der Waals surface area contributed by atoms with E-state index in [4.69, 9.17) is 22.6 Å². The molecule has 0 aromatic heterocycles. The van der Waals surface area contributed by atoms with Crippen LogP contribution in [-0.4, -0.2) is 131 Å². The van der Waals surface area contributed by atoms with Gasteiger partial charge in [0.1, 0.15) is 4.90 Å². The zero-order chi connectivity index (χ0) is 58.2. The van der Waals surface area contributed by atoms with Crippen molar-refractivity contribution in [3.63, 3.8) is 0 Å². The maximum atomic E-state index is 14.6. The van der Waals surface area contributed by atoms with E-state index in [1.54, 1.807) is 59.3 Å².